The first-order valence-corrected chi connectivity index (χ1v) is 11.3. The van der Waals surface area contributed by atoms with Gasteiger partial charge in [0.05, 0.1) is 6.54 Å². The van der Waals surface area contributed by atoms with Crippen LogP contribution in [0.25, 0.3) is 6.08 Å². The second-order valence-electron chi connectivity index (χ2n) is 7.18. The number of hydrogen-bond donors (Lipinski definition) is 1. The number of ether oxygens (including phenoxy) is 1. The van der Waals surface area contributed by atoms with Crippen LogP contribution in [0.3, 0.4) is 0 Å². The predicted octanol–water partition coefficient (Wildman–Crippen LogP) is 6.57. The van der Waals surface area contributed by atoms with Crippen molar-refractivity contribution < 1.29 is 18.7 Å². The monoisotopic (exact) mass is 548 g/mol. The molecule has 0 unspecified atom stereocenters. The van der Waals surface area contributed by atoms with Crippen molar-refractivity contribution in [2.24, 2.45) is 0 Å². The topological polar surface area (TPSA) is 58.6 Å². The first-order valence-electron chi connectivity index (χ1n) is 9.76. The van der Waals surface area contributed by atoms with Crippen LogP contribution >= 0.6 is 39.1 Å². The summed E-state index contributed by atoms with van der Waals surface area (Å²) in [5.41, 5.74) is 1.60. The fourth-order valence-electron chi connectivity index (χ4n) is 3.23. The molecular formula is C24H16BrCl2FN2O3. The van der Waals surface area contributed by atoms with Crippen molar-refractivity contribution >= 4 is 57.1 Å². The Balaban J connectivity index is 1.57. The smallest absolute Gasteiger partial charge is 0.329 e. The van der Waals surface area contributed by atoms with Crippen LogP contribution in [-0.2, 0) is 17.9 Å². The zero-order valence-corrected chi connectivity index (χ0v) is 20.0. The Kier molecular flexibility index (Phi) is 7.02. The van der Waals surface area contributed by atoms with Crippen LogP contribution in [0.4, 0.5) is 9.18 Å². The quantitative estimate of drug-likeness (QED) is 0.279. The molecule has 0 aromatic heterocycles. The van der Waals surface area contributed by atoms with E-state index in [0.717, 1.165) is 14.9 Å². The van der Waals surface area contributed by atoms with E-state index < -0.39 is 17.8 Å². The van der Waals surface area contributed by atoms with Crippen molar-refractivity contribution in [2.75, 3.05) is 0 Å². The molecular weight excluding hydrogens is 534 g/mol. The van der Waals surface area contributed by atoms with Gasteiger partial charge in [0.25, 0.3) is 5.91 Å². The normalized spacial score (nSPS) is 14.7. The summed E-state index contributed by atoms with van der Waals surface area (Å²) in [5.74, 6) is -0.569. The highest BCUT2D eigenvalue weighted by atomic mass is 79.9. The van der Waals surface area contributed by atoms with Gasteiger partial charge < -0.3 is 10.1 Å². The minimum Gasteiger partial charge on any atom is -0.488 e. The zero-order chi connectivity index (χ0) is 23.5. The van der Waals surface area contributed by atoms with E-state index >= 15 is 0 Å². The Morgan fingerprint density at radius 2 is 1.82 bits per heavy atom. The Labute approximate surface area is 207 Å². The summed E-state index contributed by atoms with van der Waals surface area (Å²) in [4.78, 5) is 26.2. The number of urea groups is 1. The van der Waals surface area contributed by atoms with Gasteiger partial charge in [-0.1, -0.05) is 63.4 Å². The Bertz CT molecular complexity index is 1280. The predicted molar refractivity (Wildman–Crippen MR) is 128 cm³/mol. The Morgan fingerprint density at radius 1 is 1.03 bits per heavy atom. The molecule has 1 N–H and O–H groups in total. The molecule has 0 radical (unpaired) electrons. The molecule has 0 spiro atoms. The first kappa shape index (κ1) is 23.3. The Morgan fingerprint density at radius 3 is 2.58 bits per heavy atom. The maximum Gasteiger partial charge on any atom is 0.329 e. The van der Waals surface area contributed by atoms with E-state index in [1.807, 2.05) is 0 Å². The molecule has 3 aromatic rings. The lowest BCUT2D eigenvalue weighted by molar-refractivity contribution is -0.123. The molecule has 1 heterocycles. The first-order chi connectivity index (χ1) is 15.8. The lowest BCUT2D eigenvalue weighted by Crippen LogP contribution is -2.30. The number of imide groups is 1. The number of nitrogens with one attached hydrogen (secondary N) is 1. The standard InChI is InChI=1S/C24H16BrCl2FN2O3/c25-17-6-8-22(33-13-15-5-7-18(26)11-19(15)27)16(9-17)10-21-23(31)30(24(32)29-21)12-14-3-1-2-4-20(14)28/h1-11H,12-13H2,(H,29,32)/b21-10+. The fourth-order valence-corrected chi connectivity index (χ4v) is 4.07. The van der Waals surface area contributed by atoms with Gasteiger partial charge >= 0.3 is 6.03 Å². The van der Waals surface area contributed by atoms with Gasteiger partial charge in [0.2, 0.25) is 0 Å². The molecule has 1 saturated heterocycles. The van der Waals surface area contributed by atoms with Crippen LogP contribution in [0, 0.1) is 5.82 Å². The SMILES string of the molecule is O=C1N/C(=C/c2cc(Br)ccc2OCc2ccc(Cl)cc2Cl)C(=O)N1Cc1ccccc1F. The van der Waals surface area contributed by atoms with Crippen LogP contribution in [0.1, 0.15) is 16.7 Å². The lowest BCUT2D eigenvalue weighted by Gasteiger charge is -2.12. The third-order valence-corrected chi connectivity index (χ3v) is 6.00. The molecule has 33 heavy (non-hydrogen) atoms. The van der Waals surface area contributed by atoms with E-state index in [1.54, 1.807) is 48.5 Å². The highest BCUT2D eigenvalue weighted by Gasteiger charge is 2.34. The second-order valence-corrected chi connectivity index (χ2v) is 8.94. The maximum absolute atomic E-state index is 14.0. The number of benzene rings is 3. The van der Waals surface area contributed by atoms with Crippen molar-refractivity contribution in [3.63, 3.8) is 0 Å². The van der Waals surface area contributed by atoms with Crippen LogP contribution in [0.2, 0.25) is 10.0 Å². The molecule has 0 aliphatic carbocycles. The second kappa shape index (κ2) is 9.95. The zero-order valence-electron chi connectivity index (χ0n) is 16.9. The highest BCUT2D eigenvalue weighted by Crippen LogP contribution is 2.29. The van der Waals surface area contributed by atoms with Crippen LogP contribution < -0.4 is 10.1 Å². The minimum absolute atomic E-state index is 0.0591. The van der Waals surface area contributed by atoms with Crippen LogP contribution in [-0.4, -0.2) is 16.8 Å². The van der Waals surface area contributed by atoms with Crippen molar-refractivity contribution in [1.82, 2.24) is 10.2 Å². The van der Waals surface area contributed by atoms with E-state index in [9.17, 15) is 14.0 Å². The van der Waals surface area contributed by atoms with Gasteiger partial charge in [-0.15, -0.1) is 0 Å². The molecule has 9 heteroatoms. The number of amides is 3. The molecule has 168 valence electrons. The summed E-state index contributed by atoms with van der Waals surface area (Å²) in [5, 5.41) is 3.54. The van der Waals surface area contributed by atoms with Gasteiger partial charge in [0.1, 0.15) is 23.9 Å². The van der Waals surface area contributed by atoms with Crippen LogP contribution in [0.5, 0.6) is 5.75 Å². The molecule has 1 aliphatic heterocycles. The summed E-state index contributed by atoms with van der Waals surface area (Å²) in [6, 6.07) is 15.8. The third kappa shape index (κ3) is 5.38. The average molecular weight is 550 g/mol. The lowest BCUT2D eigenvalue weighted by atomic mass is 10.1. The molecule has 1 fully saturated rings. The van der Waals surface area contributed by atoms with Crippen molar-refractivity contribution in [3.8, 4) is 5.75 Å². The van der Waals surface area contributed by atoms with Gasteiger partial charge in [-0.25, -0.2) is 9.18 Å². The van der Waals surface area contributed by atoms with Crippen LogP contribution in [0.15, 0.2) is 70.8 Å². The van der Waals surface area contributed by atoms with E-state index in [-0.39, 0.29) is 24.4 Å². The van der Waals surface area contributed by atoms with Crippen molar-refractivity contribution in [3.05, 3.63) is 103 Å². The van der Waals surface area contributed by atoms with Crippen molar-refractivity contribution in [2.45, 2.75) is 13.2 Å². The average Bonchev–Trinajstić information content (AvgIpc) is 3.03. The summed E-state index contributed by atoms with van der Waals surface area (Å²) < 4.78 is 20.7. The largest absolute Gasteiger partial charge is 0.488 e. The molecule has 0 saturated carbocycles. The number of rotatable bonds is 6. The number of nitrogens with zero attached hydrogens (tertiary/aromatic N) is 1. The molecule has 0 atom stereocenters. The van der Waals surface area contributed by atoms with Crippen molar-refractivity contribution in [1.29, 1.82) is 0 Å². The van der Waals surface area contributed by atoms with Gasteiger partial charge in [-0.3, -0.25) is 9.69 Å². The number of hydrogen-bond acceptors (Lipinski definition) is 3. The van der Waals surface area contributed by atoms with Gasteiger partial charge in [-0.05, 0) is 42.5 Å². The van der Waals surface area contributed by atoms with E-state index in [0.29, 0.717) is 21.4 Å². The number of carbonyl (C=O) groups is 2. The molecule has 5 nitrogen and oxygen atoms in total. The van der Waals surface area contributed by atoms with Gasteiger partial charge in [0.15, 0.2) is 0 Å². The molecule has 4 rings (SSSR count). The van der Waals surface area contributed by atoms with E-state index in [2.05, 4.69) is 21.2 Å². The third-order valence-electron chi connectivity index (χ3n) is 4.92. The molecule has 3 amide bonds. The summed E-state index contributed by atoms with van der Waals surface area (Å²) >= 11 is 15.6. The van der Waals surface area contributed by atoms with Gasteiger partial charge in [0, 0.05) is 31.2 Å². The summed E-state index contributed by atoms with van der Waals surface area (Å²) in [6.45, 7) is -0.000883. The highest BCUT2D eigenvalue weighted by molar-refractivity contribution is 9.10. The van der Waals surface area contributed by atoms with E-state index in [1.165, 1.54) is 18.2 Å². The molecule has 1 aliphatic rings. The molecule has 0 bridgehead atoms. The number of halogens is 4. The summed E-state index contributed by atoms with van der Waals surface area (Å²) in [7, 11) is 0. The fraction of sp³-hybridized carbons (Fsp3) is 0.0833. The van der Waals surface area contributed by atoms with Gasteiger partial charge in [-0.2, -0.15) is 0 Å². The maximum atomic E-state index is 14.0. The minimum atomic E-state index is -0.625. The number of carbonyl (C=O) groups excluding carboxylic acids is 2. The molecule has 3 aromatic carbocycles. The Hall–Kier alpha value is -2.87. The van der Waals surface area contributed by atoms with E-state index in [4.69, 9.17) is 27.9 Å². The summed E-state index contributed by atoms with van der Waals surface area (Å²) in [6.07, 6.45) is 1.52.